The van der Waals surface area contributed by atoms with Crippen molar-refractivity contribution in [1.82, 2.24) is 0 Å². The van der Waals surface area contributed by atoms with Crippen LogP contribution in [0, 0.1) is 5.15 Å². The van der Waals surface area contributed by atoms with E-state index in [1.807, 2.05) is 22.0 Å². The Morgan fingerprint density at radius 3 is 2.60 bits per heavy atom. The van der Waals surface area contributed by atoms with E-state index in [0.717, 1.165) is 0 Å². The van der Waals surface area contributed by atoms with Gasteiger partial charge in [0.1, 0.15) is 0 Å². The highest BCUT2D eigenvalue weighted by atomic mass is 127. The molecule has 0 aromatic carbocycles. The highest BCUT2D eigenvalue weighted by Gasteiger charge is 1.89. The van der Waals surface area contributed by atoms with Gasteiger partial charge in [0.25, 0.3) is 0 Å². The first-order valence-electron chi connectivity index (χ1n) is 1.24. The van der Waals surface area contributed by atoms with Crippen molar-refractivity contribution in [3.05, 3.63) is 0 Å². The summed E-state index contributed by atoms with van der Waals surface area (Å²) < 4.78 is 4.53. The summed E-state index contributed by atoms with van der Waals surface area (Å²) >= 11 is 4.89. The van der Waals surface area contributed by atoms with E-state index in [1.165, 1.54) is 0 Å². The topological polar surface area (TPSA) is 23.9 Å². The van der Waals surface area contributed by atoms with Crippen molar-refractivity contribution in [1.29, 1.82) is 5.15 Å². The van der Waals surface area contributed by atoms with Gasteiger partial charge in [0.05, 0.1) is 0 Å². The molecule has 0 aromatic heterocycles. The molecule has 1 N–H and O–H groups in total. The average molecular weight is 265 g/mol. The smallest absolute Gasteiger partial charge is 0.186 e. The van der Waals surface area contributed by atoms with Crippen molar-refractivity contribution in [2.24, 2.45) is 0 Å². The maximum absolute atomic E-state index is 6.35. The minimum absolute atomic E-state index is 1.82. The Morgan fingerprint density at radius 2 is 2.60 bits per heavy atom. The molecule has 0 rings (SSSR count). The van der Waals surface area contributed by atoms with E-state index >= 15 is 0 Å². The Kier molecular flexibility index (Phi) is 1.85. The first-order valence-corrected chi connectivity index (χ1v) is 7.41. The fraction of sp³-hybridized carbons (Fsp3) is 0. The van der Waals surface area contributed by atoms with Gasteiger partial charge in [0, 0.05) is 3.28 Å². The number of hydrogen-bond donors (Lipinski definition) is 1. The molecule has 1 atom stereocenters. The molecule has 0 aliphatic carbocycles. The lowest BCUT2D eigenvalue weighted by atomic mass is 10.8. The van der Waals surface area contributed by atoms with Crippen LogP contribution in [0.4, 0.5) is 0 Å². The van der Waals surface area contributed by atoms with Gasteiger partial charge in [0.2, 0.25) is 0 Å². The van der Waals surface area contributed by atoms with E-state index in [1.54, 1.807) is 0 Å². The summed E-state index contributed by atoms with van der Waals surface area (Å²) in [5.74, 6) is 0. The maximum Gasteiger partial charge on any atom is 0.186 e. The molecule has 0 aliphatic rings. The number of nitrogens with one attached hydrogen (secondary N) is 1. The molecule has 0 saturated heterocycles. The second kappa shape index (κ2) is 1.98. The third kappa shape index (κ3) is 29.9. The summed E-state index contributed by atoms with van der Waals surface area (Å²) in [6, 6.07) is 0. The van der Waals surface area contributed by atoms with E-state index in [0.29, 0.717) is 0 Å². The zero-order valence-electron chi connectivity index (χ0n) is 3.23. The zero-order chi connectivity index (χ0) is 5.21. The van der Waals surface area contributed by atoms with Gasteiger partial charge in [-0.2, -0.15) is 0 Å². The molecule has 0 fully saturated rings. The summed E-state index contributed by atoms with van der Waals surface area (Å²) in [4.78, 5) is 0. The lowest BCUT2D eigenvalue weighted by molar-refractivity contribution is 1.65. The van der Waals surface area contributed by atoms with Crippen LogP contribution >= 0.6 is 40.8 Å². The first kappa shape index (κ1) is 4.66. The van der Waals surface area contributed by atoms with Crippen LogP contribution in [-0.4, -0.2) is 7.57 Å². The van der Waals surface area contributed by atoms with Crippen LogP contribution in [0.3, 0.4) is 0 Å². The average Bonchev–Trinajstić information content (AvgIpc) is 1.35. The molecule has 0 aliphatic heterocycles. The fourth-order valence-corrected chi connectivity index (χ4v) is 0. The van der Waals surface area contributed by atoms with Gasteiger partial charge in [0.15, 0.2) is 8.98 Å². The van der Waals surface area contributed by atoms with Crippen molar-refractivity contribution in [2.75, 3.05) is 0 Å². The van der Waals surface area contributed by atoms with E-state index in [-0.39, 0.29) is 0 Å². The van der Waals surface area contributed by atoms with Gasteiger partial charge >= 0.3 is 0 Å². The molecule has 0 aromatic rings. The van der Waals surface area contributed by atoms with Gasteiger partial charge in [-0.25, -0.2) is 0 Å². The van der Waals surface area contributed by atoms with Crippen LogP contribution in [0.5, 0.6) is 0 Å². The summed E-state index contributed by atoms with van der Waals surface area (Å²) in [5.41, 5.74) is 0. The lowest BCUT2D eigenvalue weighted by Gasteiger charge is -1.87. The molecule has 0 spiro atoms. The molecule has 1 nitrogen and oxygen atoms in total. The van der Waals surface area contributed by atoms with Crippen molar-refractivity contribution in [2.45, 2.75) is 0 Å². The van der Waals surface area contributed by atoms with Crippen molar-refractivity contribution >= 4 is 48.4 Å². The molecule has 0 amide bonds. The Hall–Kier alpha value is 1.50. The van der Waals surface area contributed by atoms with Crippen LogP contribution in [0.2, 0.25) is 1.41 Å². The Bertz CT molecular complexity index is 79.3. The molecule has 0 bridgehead atoms. The highest BCUT2D eigenvalue weighted by molar-refractivity contribution is 14.2. The lowest BCUT2D eigenvalue weighted by Crippen LogP contribution is -1.38. The molecular formula is HBBrINP. The monoisotopic (exact) mass is 264 g/mol. The van der Waals surface area contributed by atoms with Crippen LogP contribution < -0.4 is 0 Å². The predicted octanol–water partition coefficient (Wildman–Crippen LogP) is 2.51. The fourth-order valence-electron chi connectivity index (χ4n) is 0. The second-order valence-corrected chi connectivity index (χ2v) is 13.2. The quantitative estimate of drug-likeness (QED) is 0.395. The van der Waals surface area contributed by atoms with Gasteiger partial charge in [-0.3, -0.25) is 0 Å². The predicted molar refractivity (Wildman–Crippen MR) is 38.3 cm³/mol. The van der Waals surface area contributed by atoms with E-state index < -0.39 is 3.28 Å². The molecule has 2 radical (unpaired) electrons. The van der Waals surface area contributed by atoms with Gasteiger partial charge in [-0.15, -0.1) is 0 Å². The number of rotatable bonds is 0. The second-order valence-electron chi connectivity index (χ2n) is 0.526. The molecule has 5 heavy (non-hydrogen) atoms. The van der Waals surface area contributed by atoms with Crippen molar-refractivity contribution in [3.63, 3.8) is 0 Å². The summed E-state index contributed by atoms with van der Waals surface area (Å²) in [5, 5.41) is 3.06. The van der Waals surface area contributed by atoms with Crippen LogP contribution in [0.15, 0.2) is 0 Å². The summed E-state index contributed by atoms with van der Waals surface area (Å²) in [7, 11) is 5.20. The minimum atomic E-state index is -1.82. The van der Waals surface area contributed by atoms with Gasteiger partial charge in [-0.1, -0.05) is 0 Å². The third-order valence-corrected chi connectivity index (χ3v) is 0. The zero-order valence-corrected chi connectivity index (χ0v) is 6.87. The first-order chi connectivity index (χ1) is 2.56. The van der Waals surface area contributed by atoms with Crippen LogP contribution in [0.25, 0.3) is 0 Å². The standard InChI is InChI=1S/BBrHINP/c1-5(2,3)4/h4H/i/hD. The molecule has 28 valence electrons. The molecule has 0 saturated carbocycles. The Morgan fingerprint density at radius 1 is 2.40 bits per heavy atom. The Balaban J connectivity index is 3.79. The molecule has 0 heterocycles. The highest BCUT2D eigenvalue weighted by Crippen LogP contribution is 2.57. The van der Waals surface area contributed by atoms with E-state index in [9.17, 15) is 0 Å². The Labute approximate surface area is 54.8 Å². The van der Waals surface area contributed by atoms with Gasteiger partial charge < -0.3 is 5.15 Å². The molecule has 5 heteroatoms. The van der Waals surface area contributed by atoms with Crippen LogP contribution in [0.1, 0.15) is 0 Å². The van der Waals surface area contributed by atoms with Gasteiger partial charge in [-0.05, 0) is 37.5 Å². The SMILES string of the molecule is [2H]N=P([B])(Br)I. The summed E-state index contributed by atoms with van der Waals surface area (Å²) in [6.07, 6.45) is 0. The van der Waals surface area contributed by atoms with E-state index in [2.05, 4.69) is 20.6 Å². The third-order valence-electron chi connectivity index (χ3n) is 0. The maximum atomic E-state index is 6.35. The largest absolute Gasteiger partial charge is 0.308 e. The van der Waals surface area contributed by atoms with E-state index in [4.69, 9.17) is 8.98 Å². The molecule has 1 unspecified atom stereocenters. The normalized spacial score (nSPS) is 23.2. The van der Waals surface area contributed by atoms with Crippen molar-refractivity contribution < 1.29 is 1.41 Å². The number of hydrogen-bond acceptors (Lipinski definition) is 1. The number of halogens is 2. The van der Waals surface area contributed by atoms with Crippen LogP contribution in [-0.2, 0) is 0 Å². The minimum Gasteiger partial charge on any atom is -0.308 e. The summed E-state index contributed by atoms with van der Waals surface area (Å²) in [6.45, 7) is 0. The molecular weight excluding hydrogens is 263 g/mol. The van der Waals surface area contributed by atoms with Crippen molar-refractivity contribution in [3.8, 4) is 0 Å².